The lowest BCUT2D eigenvalue weighted by atomic mass is 10.3. The predicted octanol–water partition coefficient (Wildman–Crippen LogP) is 0.213. The van der Waals surface area contributed by atoms with Gasteiger partial charge in [-0.05, 0) is 19.8 Å². The van der Waals surface area contributed by atoms with E-state index in [1.54, 1.807) is 6.92 Å². The molecule has 1 unspecified atom stereocenters. The van der Waals surface area contributed by atoms with Crippen LogP contribution in [-0.4, -0.2) is 31.2 Å². The predicted molar refractivity (Wildman–Crippen MR) is 44.6 cm³/mol. The summed E-state index contributed by atoms with van der Waals surface area (Å²) < 4.78 is 11.7. The van der Waals surface area contributed by atoms with Gasteiger partial charge in [0.15, 0.2) is 0 Å². The first kappa shape index (κ1) is 9.45. The number of amides is 1. The van der Waals surface area contributed by atoms with E-state index in [9.17, 15) is 9.18 Å². The van der Waals surface area contributed by atoms with Gasteiger partial charge < -0.3 is 10.6 Å². The lowest BCUT2D eigenvalue weighted by molar-refractivity contribution is -0.122. The number of rotatable bonds is 5. The minimum Gasteiger partial charge on any atom is -0.352 e. The van der Waals surface area contributed by atoms with E-state index in [1.165, 1.54) is 0 Å². The van der Waals surface area contributed by atoms with E-state index in [0.29, 0.717) is 6.04 Å². The average molecular weight is 174 g/mol. The summed E-state index contributed by atoms with van der Waals surface area (Å²) in [6.07, 6.45) is 2.17. The van der Waals surface area contributed by atoms with Crippen molar-refractivity contribution in [3.05, 3.63) is 0 Å². The molecule has 1 fully saturated rings. The van der Waals surface area contributed by atoms with Gasteiger partial charge in [-0.3, -0.25) is 4.79 Å². The second-order valence-corrected chi connectivity index (χ2v) is 3.15. The molecule has 4 heteroatoms. The van der Waals surface area contributed by atoms with Crippen LogP contribution in [0.1, 0.15) is 19.8 Å². The van der Waals surface area contributed by atoms with Crippen LogP contribution in [-0.2, 0) is 4.79 Å². The molecule has 2 N–H and O–H groups in total. The van der Waals surface area contributed by atoms with Gasteiger partial charge >= 0.3 is 0 Å². The van der Waals surface area contributed by atoms with Gasteiger partial charge in [-0.15, -0.1) is 0 Å². The standard InChI is InChI=1S/C8H15FN2O/c1-6(10-5-4-9)8(12)11-7-2-3-7/h6-7,10H,2-5H2,1H3,(H,11,12). The topological polar surface area (TPSA) is 41.1 Å². The third-order valence-corrected chi connectivity index (χ3v) is 1.86. The fourth-order valence-corrected chi connectivity index (χ4v) is 0.918. The van der Waals surface area contributed by atoms with Crippen LogP contribution in [0.25, 0.3) is 0 Å². The van der Waals surface area contributed by atoms with Crippen molar-refractivity contribution in [3.8, 4) is 0 Å². The molecular formula is C8H15FN2O. The molecule has 0 saturated heterocycles. The van der Waals surface area contributed by atoms with Crippen LogP contribution < -0.4 is 10.6 Å². The lowest BCUT2D eigenvalue weighted by Crippen LogP contribution is -2.43. The molecule has 1 aliphatic rings. The van der Waals surface area contributed by atoms with Gasteiger partial charge in [0.05, 0.1) is 6.04 Å². The Balaban J connectivity index is 2.11. The summed E-state index contributed by atoms with van der Waals surface area (Å²) in [5, 5.41) is 5.62. The summed E-state index contributed by atoms with van der Waals surface area (Å²) >= 11 is 0. The average Bonchev–Trinajstić information content (AvgIpc) is 2.83. The first-order valence-electron chi connectivity index (χ1n) is 4.33. The van der Waals surface area contributed by atoms with Gasteiger partial charge in [-0.25, -0.2) is 4.39 Å². The van der Waals surface area contributed by atoms with Gasteiger partial charge in [0, 0.05) is 12.6 Å². The number of carbonyl (C=O) groups is 1. The number of hydrogen-bond acceptors (Lipinski definition) is 2. The maximum Gasteiger partial charge on any atom is 0.237 e. The van der Waals surface area contributed by atoms with Crippen molar-refractivity contribution >= 4 is 5.91 Å². The molecule has 1 amide bonds. The Morgan fingerprint density at radius 1 is 1.67 bits per heavy atom. The number of hydrogen-bond donors (Lipinski definition) is 2. The van der Waals surface area contributed by atoms with Gasteiger partial charge in [0.2, 0.25) is 5.91 Å². The zero-order chi connectivity index (χ0) is 8.97. The fraction of sp³-hybridized carbons (Fsp3) is 0.875. The van der Waals surface area contributed by atoms with Crippen LogP contribution in [0, 0.1) is 0 Å². The van der Waals surface area contributed by atoms with E-state index in [0.717, 1.165) is 12.8 Å². The van der Waals surface area contributed by atoms with Crippen LogP contribution in [0.4, 0.5) is 4.39 Å². The molecule has 0 aromatic heterocycles. The number of nitrogens with one attached hydrogen (secondary N) is 2. The molecule has 0 aromatic rings. The Bertz CT molecular complexity index is 159. The van der Waals surface area contributed by atoms with E-state index in [-0.39, 0.29) is 18.5 Å². The second-order valence-electron chi connectivity index (χ2n) is 3.15. The highest BCUT2D eigenvalue weighted by molar-refractivity contribution is 5.81. The smallest absolute Gasteiger partial charge is 0.237 e. The first-order chi connectivity index (χ1) is 5.74. The van der Waals surface area contributed by atoms with Crippen LogP contribution in [0.5, 0.6) is 0 Å². The molecule has 0 aromatic carbocycles. The Kier molecular flexibility index (Phi) is 3.47. The SMILES string of the molecule is CC(NCCF)C(=O)NC1CC1. The molecule has 70 valence electrons. The van der Waals surface area contributed by atoms with Gasteiger partial charge in [-0.2, -0.15) is 0 Å². The monoisotopic (exact) mass is 174 g/mol. The summed E-state index contributed by atoms with van der Waals surface area (Å²) in [6, 6.07) is 0.105. The molecule has 1 rings (SSSR count). The van der Waals surface area contributed by atoms with Crippen molar-refractivity contribution in [1.82, 2.24) is 10.6 Å². The van der Waals surface area contributed by atoms with Crippen LogP contribution in [0.3, 0.4) is 0 Å². The largest absolute Gasteiger partial charge is 0.352 e. The molecule has 0 heterocycles. The summed E-state index contributed by atoms with van der Waals surface area (Å²) in [5.74, 6) is -0.0223. The van der Waals surface area contributed by atoms with E-state index >= 15 is 0 Å². The fourth-order valence-electron chi connectivity index (χ4n) is 0.918. The highest BCUT2D eigenvalue weighted by Gasteiger charge is 2.25. The third kappa shape index (κ3) is 3.17. The van der Waals surface area contributed by atoms with Crippen LogP contribution >= 0.6 is 0 Å². The highest BCUT2D eigenvalue weighted by atomic mass is 19.1. The summed E-state index contributed by atoms with van der Waals surface area (Å²) in [6.45, 7) is 1.56. The first-order valence-corrected chi connectivity index (χ1v) is 4.33. The molecule has 3 nitrogen and oxygen atoms in total. The van der Waals surface area contributed by atoms with Crippen molar-refractivity contribution in [2.75, 3.05) is 13.2 Å². The summed E-state index contributed by atoms with van der Waals surface area (Å²) in [7, 11) is 0. The summed E-state index contributed by atoms with van der Waals surface area (Å²) in [4.78, 5) is 11.2. The van der Waals surface area contributed by atoms with E-state index in [4.69, 9.17) is 0 Å². The number of alkyl halides is 1. The minimum atomic E-state index is -0.430. The highest BCUT2D eigenvalue weighted by Crippen LogP contribution is 2.18. The van der Waals surface area contributed by atoms with Crippen LogP contribution in [0.2, 0.25) is 0 Å². The second kappa shape index (κ2) is 4.40. The molecule has 0 bridgehead atoms. The minimum absolute atomic E-state index is 0.0223. The number of halogens is 1. The van der Waals surface area contributed by atoms with Gasteiger partial charge in [-0.1, -0.05) is 0 Å². The molecule has 0 aliphatic heterocycles. The molecular weight excluding hydrogens is 159 g/mol. The number of carbonyl (C=O) groups excluding carboxylic acids is 1. The molecule has 1 atom stereocenters. The van der Waals surface area contributed by atoms with Crippen LogP contribution in [0.15, 0.2) is 0 Å². The Hall–Kier alpha value is -0.640. The zero-order valence-electron chi connectivity index (χ0n) is 7.27. The Morgan fingerprint density at radius 2 is 2.33 bits per heavy atom. The Labute approximate surface area is 71.7 Å². The quantitative estimate of drug-likeness (QED) is 0.625. The molecule has 1 saturated carbocycles. The molecule has 12 heavy (non-hydrogen) atoms. The normalized spacial score (nSPS) is 18.8. The van der Waals surface area contributed by atoms with Crippen molar-refractivity contribution in [2.24, 2.45) is 0 Å². The third-order valence-electron chi connectivity index (χ3n) is 1.86. The lowest BCUT2D eigenvalue weighted by Gasteiger charge is -2.11. The Morgan fingerprint density at radius 3 is 2.83 bits per heavy atom. The van der Waals surface area contributed by atoms with Gasteiger partial charge in [0.25, 0.3) is 0 Å². The van der Waals surface area contributed by atoms with Crippen molar-refractivity contribution in [1.29, 1.82) is 0 Å². The van der Waals surface area contributed by atoms with Crippen molar-refractivity contribution in [3.63, 3.8) is 0 Å². The summed E-state index contributed by atoms with van der Waals surface area (Å²) in [5.41, 5.74) is 0. The van der Waals surface area contributed by atoms with E-state index < -0.39 is 6.67 Å². The van der Waals surface area contributed by atoms with Gasteiger partial charge in [0.1, 0.15) is 6.67 Å². The molecule has 1 aliphatic carbocycles. The zero-order valence-corrected chi connectivity index (χ0v) is 7.27. The maximum atomic E-state index is 11.7. The van der Waals surface area contributed by atoms with E-state index in [1.807, 2.05) is 0 Å². The van der Waals surface area contributed by atoms with E-state index in [2.05, 4.69) is 10.6 Å². The molecule has 0 radical (unpaired) electrons. The van der Waals surface area contributed by atoms with Crippen molar-refractivity contribution in [2.45, 2.75) is 31.8 Å². The van der Waals surface area contributed by atoms with Crippen molar-refractivity contribution < 1.29 is 9.18 Å². The maximum absolute atomic E-state index is 11.7. The molecule has 0 spiro atoms.